The van der Waals surface area contributed by atoms with Gasteiger partial charge in [-0.25, -0.2) is 9.89 Å². The van der Waals surface area contributed by atoms with Gasteiger partial charge < -0.3 is 0 Å². The first kappa shape index (κ1) is 8.97. The van der Waals surface area contributed by atoms with Crippen LogP contribution < -0.4 is 22.1 Å². The van der Waals surface area contributed by atoms with Gasteiger partial charge in [-0.2, -0.15) is 0 Å². The van der Waals surface area contributed by atoms with E-state index >= 15 is 0 Å². The van der Waals surface area contributed by atoms with Gasteiger partial charge in [0.2, 0.25) is 11.7 Å². The lowest BCUT2D eigenvalue weighted by atomic mass is 10.7. The molecule has 0 aliphatic carbocycles. The molecule has 1 rings (SSSR count). The van der Waals surface area contributed by atoms with Gasteiger partial charge in [-0.3, -0.25) is 25.4 Å². The van der Waals surface area contributed by atoms with Gasteiger partial charge in [-0.05, 0) is 0 Å². The first-order valence-electron chi connectivity index (χ1n) is 3.31. The average molecular weight is 185 g/mol. The highest BCUT2D eigenvalue weighted by Gasteiger charge is 2.00. The van der Waals surface area contributed by atoms with Crippen molar-refractivity contribution in [3.8, 4) is 0 Å². The number of rotatable bonds is 2. The number of hydrazine groups is 1. The molecule has 0 saturated carbocycles. The summed E-state index contributed by atoms with van der Waals surface area (Å²) in [6, 6.07) is 0. The molecule has 8 nitrogen and oxygen atoms in total. The van der Waals surface area contributed by atoms with Gasteiger partial charge in [0.05, 0.1) is 0 Å². The zero-order valence-electron chi connectivity index (χ0n) is 6.67. The fraction of sp³-hybridized carbons (Fsp3) is 0.200. The van der Waals surface area contributed by atoms with Crippen molar-refractivity contribution >= 4 is 11.7 Å². The Balaban J connectivity index is 2.84. The molecule has 1 heterocycles. The first-order chi connectivity index (χ1) is 6.09. The molecule has 70 valence electrons. The molecule has 1 aromatic heterocycles. The predicted octanol–water partition coefficient (Wildman–Crippen LogP) is -2.08. The lowest BCUT2D eigenvalue weighted by Gasteiger charge is -2.01. The Morgan fingerprint density at radius 1 is 1.46 bits per heavy atom. The Hall–Kier alpha value is -2.12. The van der Waals surface area contributed by atoms with Crippen LogP contribution in [0.25, 0.3) is 0 Å². The Morgan fingerprint density at radius 3 is 2.69 bits per heavy atom. The van der Waals surface area contributed by atoms with Gasteiger partial charge in [0.1, 0.15) is 0 Å². The molecule has 8 heteroatoms. The molecule has 0 radical (unpaired) electrons. The van der Waals surface area contributed by atoms with Crippen molar-refractivity contribution in [2.75, 3.05) is 5.43 Å². The molecular weight excluding hydrogens is 178 g/mol. The smallest absolute Gasteiger partial charge is 0.276 e. The molecule has 0 spiro atoms. The molecule has 0 atom stereocenters. The monoisotopic (exact) mass is 185 g/mol. The van der Waals surface area contributed by atoms with Gasteiger partial charge in [-0.15, -0.1) is 5.10 Å². The lowest BCUT2D eigenvalue weighted by Crippen LogP contribution is -2.34. The van der Waals surface area contributed by atoms with Crippen LogP contribution in [0.1, 0.15) is 6.92 Å². The number of hydrogen-bond donors (Lipinski definition) is 4. The minimum absolute atomic E-state index is 0.185. The number of aromatic nitrogens is 3. The minimum atomic E-state index is -0.711. The lowest BCUT2D eigenvalue weighted by molar-refractivity contribution is -0.118. The third kappa shape index (κ3) is 2.43. The fourth-order valence-corrected chi connectivity index (χ4v) is 0.580. The van der Waals surface area contributed by atoms with E-state index in [0.29, 0.717) is 0 Å². The zero-order chi connectivity index (χ0) is 9.84. The second kappa shape index (κ2) is 3.52. The number of nitrogens with zero attached hydrogens (tertiary/aromatic N) is 1. The Labute approximate surface area is 71.3 Å². The Morgan fingerprint density at radius 2 is 2.15 bits per heavy atom. The van der Waals surface area contributed by atoms with Gasteiger partial charge >= 0.3 is 5.69 Å². The third-order valence-corrected chi connectivity index (χ3v) is 1.07. The summed E-state index contributed by atoms with van der Waals surface area (Å²) in [7, 11) is 0. The summed E-state index contributed by atoms with van der Waals surface area (Å²) in [5, 5.41) is 5.33. The molecule has 0 fully saturated rings. The van der Waals surface area contributed by atoms with E-state index in [0.717, 1.165) is 0 Å². The topological polar surface area (TPSA) is 120 Å². The van der Waals surface area contributed by atoms with E-state index < -0.39 is 11.2 Å². The number of H-pyrrole nitrogens is 2. The summed E-state index contributed by atoms with van der Waals surface area (Å²) in [5.74, 6) is -0.567. The summed E-state index contributed by atoms with van der Waals surface area (Å²) in [5.41, 5.74) is 2.92. The number of nitrogens with one attached hydrogen (secondary N) is 4. The molecule has 0 aliphatic rings. The van der Waals surface area contributed by atoms with E-state index in [-0.39, 0.29) is 11.7 Å². The quantitative estimate of drug-likeness (QED) is 0.394. The van der Waals surface area contributed by atoms with Crippen molar-refractivity contribution in [2.24, 2.45) is 0 Å². The molecule has 0 aromatic carbocycles. The summed E-state index contributed by atoms with van der Waals surface area (Å²) in [4.78, 5) is 33.7. The standard InChI is InChI=1S/C5H7N5O3/c1-2(11)7-8-3-4(12)6-5(13)10-9-3/h1H3,(H,7,11)(H,8,9)(H2,6,10,12,13). The van der Waals surface area contributed by atoms with Crippen LogP contribution >= 0.6 is 0 Å². The predicted molar refractivity (Wildman–Crippen MR) is 42.9 cm³/mol. The van der Waals surface area contributed by atoms with Crippen LogP contribution in [0.3, 0.4) is 0 Å². The molecule has 0 bridgehead atoms. The maximum absolute atomic E-state index is 10.9. The van der Waals surface area contributed by atoms with Crippen LogP contribution in [0.5, 0.6) is 0 Å². The zero-order valence-corrected chi connectivity index (χ0v) is 6.67. The van der Waals surface area contributed by atoms with Gasteiger partial charge in [0, 0.05) is 6.92 Å². The Bertz CT molecular complexity index is 419. The second-order valence-corrected chi connectivity index (χ2v) is 2.16. The summed E-state index contributed by atoms with van der Waals surface area (Å²) < 4.78 is 0. The molecule has 1 amide bonds. The van der Waals surface area contributed by atoms with Crippen molar-refractivity contribution in [3.05, 3.63) is 20.8 Å². The molecular formula is C5H7N5O3. The minimum Gasteiger partial charge on any atom is -0.276 e. The molecule has 1 aromatic rings. The third-order valence-electron chi connectivity index (χ3n) is 1.07. The average Bonchev–Trinajstić information content (AvgIpc) is 2.02. The van der Waals surface area contributed by atoms with Crippen LogP contribution in [0.15, 0.2) is 9.59 Å². The normalized spacial score (nSPS) is 9.31. The van der Waals surface area contributed by atoms with E-state index in [4.69, 9.17) is 0 Å². The van der Waals surface area contributed by atoms with Crippen LogP contribution in [-0.4, -0.2) is 21.1 Å². The van der Waals surface area contributed by atoms with Crippen molar-refractivity contribution in [3.63, 3.8) is 0 Å². The fourth-order valence-electron chi connectivity index (χ4n) is 0.580. The number of amides is 1. The van der Waals surface area contributed by atoms with E-state index in [1.807, 2.05) is 10.1 Å². The second-order valence-electron chi connectivity index (χ2n) is 2.16. The van der Waals surface area contributed by atoms with Crippen molar-refractivity contribution < 1.29 is 4.79 Å². The van der Waals surface area contributed by atoms with Crippen LogP contribution in [0, 0.1) is 0 Å². The summed E-state index contributed by atoms with van der Waals surface area (Å²) >= 11 is 0. The van der Waals surface area contributed by atoms with E-state index in [1.165, 1.54) is 6.92 Å². The van der Waals surface area contributed by atoms with Gasteiger partial charge in [-0.1, -0.05) is 0 Å². The highest BCUT2D eigenvalue weighted by molar-refractivity contribution is 5.74. The SMILES string of the molecule is CC(=O)NNc1n[nH]c(=O)[nH]c1=O. The number of aromatic amines is 2. The first-order valence-corrected chi connectivity index (χ1v) is 3.31. The number of hydrogen-bond acceptors (Lipinski definition) is 5. The van der Waals surface area contributed by atoms with Crippen LogP contribution in [0.2, 0.25) is 0 Å². The largest absolute Gasteiger partial charge is 0.342 e. The van der Waals surface area contributed by atoms with Crippen molar-refractivity contribution in [1.29, 1.82) is 0 Å². The highest BCUT2D eigenvalue weighted by Crippen LogP contribution is 1.80. The Kier molecular flexibility index (Phi) is 2.43. The van der Waals surface area contributed by atoms with E-state index in [9.17, 15) is 14.4 Å². The number of carbonyl (C=O) groups is 1. The van der Waals surface area contributed by atoms with Crippen molar-refractivity contribution in [1.82, 2.24) is 20.6 Å². The van der Waals surface area contributed by atoms with Gasteiger partial charge in [0.15, 0.2) is 0 Å². The van der Waals surface area contributed by atoms with Crippen molar-refractivity contribution in [2.45, 2.75) is 6.92 Å². The maximum atomic E-state index is 10.9. The molecule has 4 N–H and O–H groups in total. The van der Waals surface area contributed by atoms with E-state index in [2.05, 4.69) is 16.0 Å². The van der Waals surface area contributed by atoms with Gasteiger partial charge in [0.25, 0.3) is 5.56 Å². The summed E-state index contributed by atoms with van der Waals surface area (Å²) in [6.45, 7) is 1.26. The van der Waals surface area contributed by atoms with Crippen LogP contribution in [0.4, 0.5) is 5.82 Å². The molecule has 13 heavy (non-hydrogen) atoms. The molecule has 0 unspecified atom stereocenters. The maximum Gasteiger partial charge on any atom is 0.342 e. The number of anilines is 1. The molecule has 0 aliphatic heterocycles. The summed E-state index contributed by atoms with van der Waals surface area (Å²) in [6.07, 6.45) is 0. The van der Waals surface area contributed by atoms with Crippen LogP contribution in [-0.2, 0) is 4.79 Å². The van der Waals surface area contributed by atoms with E-state index in [1.54, 1.807) is 0 Å². The molecule has 0 saturated heterocycles. The number of carbonyl (C=O) groups excluding carboxylic acids is 1. The highest BCUT2D eigenvalue weighted by atomic mass is 16.2.